The number of rotatable bonds is 10. The van der Waals surface area contributed by atoms with Crippen LogP contribution in [-0.2, 0) is 35.1 Å². The average Bonchev–Trinajstić information content (AvgIpc) is 3.79. The zero-order valence-electron chi connectivity index (χ0n) is 30.4. The number of carbonyl (C=O) groups is 4. The van der Waals surface area contributed by atoms with Crippen molar-refractivity contribution < 1.29 is 49.1 Å². The number of carboxylic acids is 2. The van der Waals surface area contributed by atoms with Crippen molar-refractivity contribution in [3.05, 3.63) is 106 Å². The van der Waals surface area contributed by atoms with E-state index in [1.807, 2.05) is 18.2 Å². The number of hydrogen-bond acceptors (Lipinski definition) is 10. The number of halogens is 1. The Morgan fingerprint density at radius 2 is 1.20 bits per heavy atom. The van der Waals surface area contributed by atoms with Crippen LogP contribution in [0.1, 0.15) is 92.9 Å². The summed E-state index contributed by atoms with van der Waals surface area (Å²) in [6.07, 6.45) is 3.03. The molecule has 298 valence electrons. The number of esters is 2. The summed E-state index contributed by atoms with van der Waals surface area (Å²) in [5, 5.41) is 32.5. The van der Waals surface area contributed by atoms with Crippen molar-refractivity contribution in [2.45, 2.75) is 100 Å². The Bertz CT molecular complexity index is 1740. The van der Waals surface area contributed by atoms with Crippen molar-refractivity contribution in [3.8, 4) is 11.8 Å². The molecule has 0 saturated heterocycles. The number of aryl methyl sites for hydroxylation is 1. The molecule has 0 amide bonds. The third-order valence-electron chi connectivity index (χ3n) is 9.65. The second kappa shape index (κ2) is 22.1. The van der Waals surface area contributed by atoms with Gasteiger partial charge in [-0.15, -0.1) is 0 Å². The summed E-state index contributed by atoms with van der Waals surface area (Å²) in [5.74, 6) is 3.04. The molecule has 2 saturated carbocycles. The van der Waals surface area contributed by atoms with E-state index in [0.29, 0.717) is 37.5 Å². The van der Waals surface area contributed by atoms with Crippen LogP contribution in [0.25, 0.3) is 0 Å². The van der Waals surface area contributed by atoms with Crippen LogP contribution in [0.3, 0.4) is 0 Å². The van der Waals surface area contributed by atoms with Gasteiger partial charge in [0, 0.05) is 16.5 Å². The van der Waals surface area contributed by atoms with Crippen molar-refractivity contribution in [1.82, 2.24) is 0 Å². The van der Waals surface area contributed by atoms with Crippen molar-refractivity contribution >= 4 is 39.8 Å². The first-order chi connectivity index (χ1) is 25.6. The van der Waals surface area contributed by atoms with Gasteiger partial charge in [0.2, 0.25) is 0 Å². The van der Waals surface area contributed by atoms with Crippen molar-refractivity contribution in [1.29, 1.82) is 0 Å². The number of hydrogen-bond donors (Lipinski definition) is 6. The van der Waals surface area contributed by atoms with E-state index in [-0.39, 0.29) is 19.4 Å². The first-order valence-electron chi connectivity index (χ1n) is 17.6. The fourth-order valence-electron chi connectivity index (χ4n) is 6.53. The van der Waals surface area contributed by atoms with Gasteiger partial charge in [0.25, 0.3) is 0 Å². The van der Waals surface area contributed by atoms with Gasteiger partial charge >= 0.3 is 23.9 Å². The molecule has 0 aromatic heterocycles. The minimum absolute atomic E-state index is 0. The van der Waals surface area contributed by atoms with E-state index >= 15 is 0 Å². The summed E-state index contributed by atoms with van der Waals surface area (Å²) < 4.78 is 10.7. The number of carboxylic acid groups (broad SMARTS) is 2. The summed E-state index contributed by atoms with van der Waals surface area (Å²) in [6, 6.07) is 27.1. The summed E-state index contributed by atoms with van der Waals surface area (Å²) >= 11 is 3.41. The zero-order chi connectivity index (χ0) is 39.9. The van der Waals surface area contributed by atoms with Crippen LogP contribution >= 0.6 is 15.9 Å². The molecule has 55 heavy (non-hydrogen) atoms. The number of benzene rings is 3. The Hall–Kier alpha value is -4.58. The minimum Gasteiger partial charge on any atom is -0.479 e. The number of ether oxygens (including phenoxy) is 2. The second-order valence-electron chi connectivity index (χ2n) is 13.6. The molecular weight excluding hydrogens is 772 g/mol. The zero-order valence-corrected chi connectivity index (χ0v) is 32.0. The molecule has 2 fully saturated rings. The Kier molecular flexibility index (Phi) is 18.7. The van der Waals surface area contributed by atoms with Crippen LogP contribution in [0.4, 0.5) is 0 Å². The molecule has 0 spiro atoms. The highest BCUT2D eigenvalue weighted by atomic mass is 79.9. The number of carbonyl (C=O) groups excluding carboxylic acids is 2. The van der Waals surface area contributed by atoms with E-state index < -0.39 is 35.2 Å². The van der Waals surface area contributed by atoms with Crippen LogP contribution in [0.5, 0.6) is 0 Å². The van der Waals surface area contributed by atoms with Crippen molar-refractivity contribution in [2.24, 2.45) is 11.5 Å². The quantitative estimate of drug-likeness (QED) is 0.0872. The van der Waals surface area contributed by atoms with Crippen LogP contribution in [0.2, 0.25) is 0 Å². The lowest BCUT2D eigenvalue weighted by atomic mass is 9.92. The molecular formula is C42H53BrN2O10. The number of aliphatic carboxylic acids is 2. The third-order valence-corrected chi connectivity index (χ3v) is 10.2. The SMILES string of the molecule is C.COC(=O)[C@@]1(N)CC[C@@H](c2ccc(Br)cc2)C1.COC(=O)[C@@]1(N)CC[C@@H](c2ccc(C#CCCCc3ccccc3)cc2)C1.O=C(O)[C@H](O)[C@@H](O)C(=O)O. The largest absolute Gasteiger partial charge is 0.479 e. The molecule has 13 heteroatoms. The molecule has 3 aromatic rings. The van der Waals surface area contributed by atoms with E-state index in [0.717, 1.165) is 42.1 Å². The van der Waals surface area contributed by atoms with Crippen LogP contribution in [0.15, 0.2) is 83.3 Å². The lowest BCUT2D eigenvalue weighted by Crippen LogP contribution is -2.46. The normalized spacial score (nSPS) is 22.0. The van der Waals surface area contributed by atoms with Gasteiger partial charge in [-0.1, -0.05) is 89.8 Å². The highest BCUT2D eigenvalue weighted by molar-refractivity contribution is 9.10. The van der Waals surface area contributed by atoms with Gasteiger partial charge in [-0.2, -0.15) is 0 Å². The molecule has 12 nitrogen and oxygen atoms in total. The maximum Gasteiger partial charge on any atom is 0.335 e. The van der Waals surface area contributed by atoms with Crippen molar-refractivity contribution in [3.63, 3.8) is 0 Å². The number of aliphatic hydroxyl groups is 2. The van der Waals surface area contributed by atoms with Gasteiger partial charge in [-0.3, -0.25) is 9.59 Å². The summed E-state index contributed by atoms with van der Waals surface area (Å²) in [5.41, 5.74) is 15.5. The molecule has 0 radical (unpaired) electrons. The Morgan fingerprint density at radius 3 is 1.62 bits per heavy atom. The molecule has 0 heterocycles. The first-order valence-corrected chi connectivity index (χ1v) is 18.4. The monoisotopic (exact) mass is 824 g/mol. The van der Waals surface area contributed by atoms with E-state index in [9.17, 15) is 19.2 Å². The smallest absolute Gasteiger partial charge is 0.335 e. The molecule has 0 aliphatic heterocycles. The standard InChI is InChI=1S/C24H27NO2.C13H16BrNO2.C4H6O6.CH4/c1-27-23(26)24(25)17-16-22(18-24)21-14-12-20(13-15-21)11-7-3-6-10-19-8-4-2-5-9-19;1-17-12(16)13(15)7-6-10(8-13)9-2-4-11(14)5-3-9;5-1(3(7)8)2(6)4(9)10;/h2,4-5,8-9,12-15,22H,3,6,10,16-18,25H2,1H3;2-5,10H,6-8,15H2,1H3;1-2,5-6H,(H,7,8)(H,9,10);1H4/t22-,24-;10-,13-;1-,2-;/m111./s1. The minimum atomic E-state index is -2.27. The van der Waals surface area contributed by atoms with Crippen LogP contribution < -0.4 is 11.5 Å². The van der Waals surface area contributed by atoms with Gasteiger partial charge in [0.1, 0.15) is 11.1 Å². The van der Waals surface area contributed by atoms with Gasteiger partial charge < -0.3 is 41.4 Å². The molecule has 0 bridgehead atoms. The lowest BCUT2D eigenvalue weighted by molar-refractivity contribution is -0.165. The summed E-state index contributed by atoms with van der Waals surface area (Å²) in [4.78, 5) is 43.0. The van der Waals surface area contributed by atoms with Crippen LogP contribution in [0, 0.1) is 11.8 Å². The first kappa shape index (κ1) is 46.6. The highest BCUT2D eigenvalue weighted by Crippen LogP contribution is 2.41. The van der Waals surface area contributed by atoms with Gasteiger partial charge in [-0.05, 0) is 104 Å². The topological polar surface area (TPSA) is 220 Å². The van der Waals surface area contributed by atoms with Crippen molar-refractivity contribution in [2.75, 3.05) is 14.2 Å². The number of nitrogens with two attached hydrogens (primary N) is 2. The second-order valence-corrected chi connectivity index (χ2v) is 14.5. The van der Waals surface area contributed by atoms with E-state index in [1.54, 1.807) is 0 Å². The Labute approximate surface area is 331 Å². The van der Waals surface area contributed by atoms with Gasteiger partial charge in [0.05, 0.1) is 14.2 Å². The molecule has 6 atom stereocenters. The molecule has 0 unspecified atom stereocenters. The molecule has 3 aromatic carbocycles. The fourth-order valence-corrected chi connectivity index (χ4v) is 6.80. The van der Waals surface area contributed by atoms with Crippen LogP contribution in [-0.4, -0.2) is 81.8 Å². The third kappa shape index (κ3) is 13.9. The number of aliphatic hydroxyl groups excluding tert-OH is 2. The molecule has 5 rings (SSSR count). The van der Waals surface area contributed by atoms with E-state index in [4.69, 9.17) is 41.4 Å². The Balaban J connectivity index is 0.000000319. The maximum absolute atomic E-state index is 11.9. The fraction of sp³-hybridized carbons (Fsp3) is 0.429. The summed E-state index contributed by atoms with van der Waals surface area (Å²) in [7, 11) is 2.79. The number of unbranched alkanes of at least 4 members (excludes halogenated alkanes) is 1. The molecule has 8 N–H and O–H groups in total. The summed E-state index contributed by atoms with van der Waals surface area (Å²) in [6.45, 7) is 0. The predicted molar refractivity (Wildman–Crippen MR) is 212 cm³/mol. The van der Waals surface area contributed by atoms with Gasteiger partial charge in [-0.25, -0.2) is 9.59 Å². The number of methoxy groups -OCH3 is 2. The van der Waals surface area contributed by atoms with E-state index in [1.165, 1.54) is 30.9 Å². The molecule has 2 aliphatic carbocycles. The van der Waals surface area contributed by atoms with E-state index in [2.05, 4.69) is 88.4 Å². The highest BCUT2D eigenvalue weighted by Gasteiger charge is 2.44. The predicted octanol–water partition coefficient (Wildman–Crippen LogP) is 5.30. The maximum atomic E-state index is 11.9. The molecule has 2 aliphatic rings. The Morgan fingerprint density at radius 1 is 0.764 bits per heavy atom. The van der Waals surface area contributed by atoms with Gasteiger partial charge in [0.15, 0.2) is 12.2 Å². The average molecular weight is 826 g/mol. The lowest BCUT2D eigenvalue weighted by Gasteiger charge is -2.20.